The average molecular weight is 455 g/mol. The molecule has 32 heavy (non-hydrogen) atoms. The number of carbonyl (C=O) groups excluding carboxylic acids is 1. The first kappa shape index (κ1) is 21.7. The van der Waals surface area contributed by atoms with Gasteiger partial charge in [0, 0.05) is 25.4 Å². The average Bonchev–Trinajstić information content (AvgIpc) is 3.37. The van der Waals surface area contributed by atoms with Gasteiger partial charge in [-0.15, -0.1) is 10.2 Å². The number of hydrogen-bond acceptors (Lipinski definition) is 5. The van der Waals surface area contributed by atoms with E-state index in [1.807, 2.05) is 17.7 Å². The lowest BCUT2D eigenvalue weighted by molar-refractivity contribution is -0.113. The summed E-state index contributed by atoms with van der Waals surface area (Å²) in [4.78, 5) is 12.3. The molecule has 0 spiro atoms. The van der Waals surface area contributed by atoms with E-state index in [4.69, 9.17) is 0 Å². The van der Waals surface area contributed by atoms with E-state index in [9.17, 15) is 13.6 Å². The van der Waals surface area contributed by atoms with Gasteiger partial charge in [0.25, 0.3) is 0 Å². The van der Waals surface area contributed by atoms with Crippen molar-refractivity contribution in [3.8, 4) is 22.6 Å². The fourth-order valence-electron chi connectivity index (χ4n) is 3.23. The lowest BCUT2D eigenvalue weighted by atomic mass is 10.1. The number of thioether (sulfide) groups is 1. The Bertz CT molecular complexity index is 1250. The van der Waals surface area contributed by atoms with Crippen LogP contribution in [0.2, 0.25) is 0 Å². The number of halogens is 2. The van der Waals surface area contributed by atoms with Crippen LogP contribution in [0.15, 0.2) is 59.9 Å². The van der Waals surface area contributed by atoms with Crippen LogP contribution >= 0.6 is 11.8 Å². The van der Waals surface area contributed by atoms with Crippen molar-refractivity contribution in [2.75, 3.05) is 11.1 Å². The molecule has 0 radical (unpaired) electrons. The lowest BCUT2D eigenvalue weighted by Gasteiger charge is -2.08. The number of nitrogens with zero attached hydrogens (tertiary/aromatic N) is 5. The molecule has 0 saturated heterocycles. The molecule has 0 fully saturated rings. The van der Waals surface area contributed by atoms with Crippen molar-refractivity contribution in [3.63, 3.8) is 0 Å². The third kappa shape index (κ3) is 4.54. The highest BCUT2D eigenvalue weighted by atomic mass is 32.2. The van der Waals surface area contributed by atoms with Gasteiger partial charge in [-0.25, -0.2) is 8.78 Å². The van der Waals surface area contributed by atoms with Gasteiger partial charge in [-0.3, -0.25) is 9.48 Å². The Balaban J connectivity index is 1.56. The van der Waals surface area contributed by atoms with Crippen LogP contribution in [-0.4, -0.2) is 36.2 Å². The zero-order valence-electron chi connectivity index (χ0n) is 17.4. The minimum absolute atomic E-state index is 0.0460. The first-order valence-corrected chi connectivity index (χ1v) is 10.8. The Morgan fingerprint density at radius 1 is 1.09 bits per heavy atom. The number of aryl methyl sites for hydroxylation is 1. The van der Waals surface area contributed by atoms with E-state index >= 15 is 0 Å². The quantitative estimate of drug-likeness (QED) is 0.420. The summed E-state index contributed by atoms with van der Waals surface area (Å²) in [5.74, 6) is -0.521. The minimum Gasteiger partial charge on any atom is -0.323 e. The summed E-state index contributed by atoms with van der Waals surface area (Å²) in [6.07, 6.45) is 1.83. The Labute approximate surface area is 187 Å². The van der Waals surface area contributed by atoms with Crippen LogP contribution in [0.3, 0.4) is 0 Å². The molecule has 0 bridgehead atoms. The first-order chi connectivity index (χ1) is 15.5. The van der Waals surface area contributed by atoms with Crippen molar-refractivity contribution in [2.45, 2.75) is 18.6 Å². The van der Waals surface area contributed by atoms with Gasteiger partial charge in [0.2, 0.25) is 5.91 Å². The summed E-state index contributed by atoms with van der Waals surface area (Å²) in [5, 5.41) is 16.2. The molecule has 10 heteroatoms. The number of anilines is 1. The second kappa shape index (κ2) is 9.31. The van der Waals surface area contributed by atoms with Crippen molar-refractivity contribution in [2.24, 2.45) is 7.05 Å². The summed E-state index contributed by atoms with van der Waals surface area (Å²) in [5.41, 5.74) is 2.29. The number of nitrogens with one attached hydrogen (secondary N) is 1. The second-order valence-electron chi connectivity index (χ2n) is 6.94. The Morgan fingerprint density at radius 3 is 2.56 bits per heavy atom. The molecule has 0 saturated carbocycles. The molecule has 4 rings (SSSR count). The SMILES string of the molecule is CCn1c(SCC(=O)Nc2ccccc2F)nnc1-c1cn(C)nc1-c1ccc(F)cc1. The number of aromatic nitrogens is 5. The van der Waals surface area contributed by atoms with Crippen LogP contribution in [0.5, 0.6) is 0 Å². The molecule has 2 aromatic carbocycles. The summed E-state index contributed by atoms with van der Waals surface area (Å²) in [7, 11) is 1.80. The van der Waals surface area contributed by atoms with Crippen molar-refractivity contribution in [1.82, 2.24) is 24.5 Å². The van der Waals surface area contributed by atoms with Gasteiger partial charge in [-0.2, -0.15) is 5.10 Å². The highest BCUT2D eigenvalue weighted by molar-refractivity contribution is 7.99. The van der Waals surface area contributed by atoms with Crippen LogP contribution < -0.4 is 5.32 Å². The molecule has 164 valence electrons. The van der Waals surface area contributed by atoms with Gasteiger partial charge >= 0.3 is 0 Å². The third-order valence-corrected chi connectivity index (χ3v) is 5.67. The fourth-order valence-corrected chi connectivity index (χ4v) is 4.03. The molecular formula is C22H20F2N6OS. The summed E-state index contributed by atoms with van der Waals surface area (Å²) in [6, 6.07) is 12.1. The molecule has 4 aromatic rings. The largest absolute Gasteiger partial charge is 0.323 e. The van der Waals surface area contributed by atoms with E-state index < -0.39 is 5.82 Å². The normalized spacial score (nSPS) is 11.0. The van der Waals surface area contributed by atoms with Gasteiger partial charge in [0.1, 0.15) is 17.3 Å². The smallest absolute Gasteiger partial charge is 0.234 e. The molecule has 2 aromatic heterocycles. The van der Waals surface area contributed by atoms with Crippen LogP contribution in [0.4, 0.5) is 14.5 Å². The van der Waals surface area contributed by atoms with Crippen molar-refractivity contribution in [1.29, 1.82) is 0 Å². The van der Waals surface area contributed by atoms with Crippen LogP contribution in [0, 0.1) is 11.6 Å². The molecule has 0 aliphatic heterocycles. The Morgan fingerprint density at radius 2 is 1.84 bits per heavy atom. The van der Waals surface area contributed by atoms with E-state index in [0.717, 1.165) is 11.1 Å². The fraction of sp³-hybridized carbons (Fsp3) is 0.182. The zero-order valence-corrected chi connectivity index (χ0v) is 18.2. The molecular weight excluding hydrogens is 434 g/mol. The third-order valence-electron chi connectivity index (χ3n) is 4.70. The van der Waals surface area contributed by atoms with E-state index in [0.29, 0.717) is 23.2 Å². The van der Waals surface area contributed by atoms with E-state index in [-0.39, 0.29) is 23.2 Å². The first-order valence-electron chi connectivity index (χ1n) is 9.86. The molecule has 7 nitrogen and oxygen atoms in total. The van der Waals surface area contributed by atoms with Crippen LogP contribution in [-0.2, 0) is 18.4 Å². The number of benzene rings is 2. The van der Waals surface area contributed by atoms with E-state index in [2.05, 4.69) is 20.6 Å². The second-order valence-corrected chi connectivity index (χ2v) is 7.88. The van der Waals surface area contributed by atoms with Gasteiger partial charge in [-0.1, -0.05) is 23.9 Å². The molecule has 0 aliphatic rings. The summed E-state index contributed by atoms with van der Waals surface area (Å²) < 4.78 is 30.6. The van der Waals surface area contributed by atoms with Crippen molar-refractivity contribution < 1.29 is 13.6 Å². The number of rotatable bonds is 7. The predicted molar refractivity (Wildman–Crippen MR) is 119 cm³/mol. The van der Waals surface area contributed by atoms with E-state index in [1.54, 1.807) is 36.0 Å². The number of carbonyl (C=O) groups is 1. The maximum absolute atomic E-state index is 13.7. The monoisotopic (exact) mass is 454 g/mol. The zero-order chi connectivity index (χ0) is 22.7. The maximum Gasteiger partial charge on any atom is 0.234 e. The highest BCUT2D eigenvalue weighted by Crippen LogP contribution is 2.32. The molecule has 0 atom stereocenters. The van der Waals surface area contributed by atoms with Crippen LogP contribution in [0.25, 0.3) is 22.6 Å². The number of para-hydroxylation sites is 1. The van der Waals surface area contributed by atoms with Crippen molar-refractivity contribution in [3.05, 3.63) is 66.4 Å². The van der Waals surface area contributed by atoms with Gasteiger partial charge in [0.05, 0.1) is 17.0 Å². The lowest BCUT2D eigenvalue weighted by Crippen LogP contribution is -2.15. The highest BCUT2D eigenvalue weighted by Gasteiger charge is 2.20. The molecule has 0 unspecified atom stereocenters. The number of amides is 1. The topological polar surface area (TPSA) is 77.6 Å². The summed E-state index contributed by atoms with van der Waals surface area (Å²) in [6.45, 7) is 2.52. The minimum atomic E-state index is -0.491. The van der Waals surface area contributed by atoms with Gasteiger partial charge in [0.15, 0.2) is 11.0 Å². The summed E-state index contributed by atoms with van der Waals surface area (Å²) >= 11 is 1.21. The molecule has 1 amide bonds. The Hall–Kier alpha value is -3.53. The molecule has 1 N–H and O–H groups in total. The van der Waals surface area contributed by atoms with Crippen molar-refractivity contribution >= 4 is 23.4 Å². The van der Waals surface area contributed by atoms with Gasteiger partial charge in [-0.05, 0) is 43.3 Å². The van der Waals surface area contributed by atoms with Crippen LogP contribution in [0.1, 0.15) is 6.92 Å². The standard InChI is InChI=1S/C22H20F2N6OS/c1-3-30-21(16-12-29(2)28-20(16)14-8-10-15(23)11-9-14)26-27-22(30)32-13-19(31)25-18-7-5-4-6-17(18)24/h4-12H,3,13H2,1-2H3,(H,25,31). The number of hydrogen-bond donors (Lipinski definition) is 1. The maximum atomic E-state index is 13.7. The Kier molecular flexibility index (Phi) is 6.31. The molecule has 2 heterocycles. The van der Waals surface area contributed by atoms with E-state index in [1.165, 1.54) is 36.0 Å². The predicted octanol–water partition coefficient (Wildman–Crippen LogP) is 4.37. The molecule has 0 aliphatic carbocycles. The van der Waals surface area contributed by atoms with Gasteiger partial charge < -0.3 is 9.88 Å².